The highest BCUT2D eigenvalue weighted by molar-refractivity contribution is 9.10. The summed E-state index contributed by atoms with van der Waals surface area (Å²) >= 11 is 3.35. The summed E-state index contributed by atoms with van der Waals surface area (Å²) in [6.45, 7) is 2.25. The Morgan fingerprint density at radius 2 is 2.12 bits per heavy atom. The van der Waals surface area contributed by atoms with Crippen molar-refractivity contribution in [2.45, 2.75) is 18.9 Å². The molecule has 4 nitrogen and oxygen atoms in total. The maximum absolute atomic E-state index is 11.8. The maximum atomic E-state index is 11.8. The summed E-state index contributed by atoms with van der Waals surface area (Å²) in [6.07, 6.45) is 0.137. The lowest BCUT2D eigenvalue weighted by molar-refractivity contribution is 0.167. The maximum Gasteiger partial charge on any atom is 0.415 e. The third-order valence-electron chi connectivity index (χ3n) is 2.96. The van der Waals surface area contributed by atoms with Crippen LogP contribution in [0.2, 0.25) is 0 Å². The Morgan fingerprint density at radius 1 is 1.47 bits per heavy atom. The van der Waals surface area contributed by atoms with Gasteiger partial charge in [0.05, 0.1) is 5.54 Å². The summed E-state index contributed by atoms with van der Waals surface area (Å²) in [4.78, 5) is 13.4. The second-order valence-corrected chi connectivity index (χ2v) is 5.25. The fourth-order valence-electron chi connectivity index (χ4n) is 2.00. The Morgan fingerprint density at radius 3 is 2.71 bits per heavy atom. The molecule has 1 aromatic carbocycles. The average Bonchev–Trinajstić information content (AvgIpc) is 2.57. The van der Waals surface area contributed by atoms with Gasteiger partial charge in [-0.25, -0.2) is 4.79 Å². The lowest BCUT2D eigenvalue weighted by atomic mass is 9.97. The first kappa shape index (κ1) is 12.4. The summed E-state index contributed by atoms with van der Waals surface area (Å²) < 4.78 is 6.04. The Balaban J connectivity index is 2.33. The van der Waals surface area contributed by atoms with E-state index in [0.29, 0.717) is 13.0 Å². The minimum atomic E-state index is -0.473. The summed E-state index contributed by atoms with van der Waals surface area (Å²) in [5.41, 5.74) is 0.311. The first-order valence-corrected chi connectivity index (χ1v) is 6.19. The van der Waals surface area contributed by atoms with Gasteiger partial charge in [0.15, 0.2) is 0 Å². The fourth-order valence-corrected chi connectivity index (χ4v) is 2.26. The van der Waals surface area contributed by atoms with E-state index in [2.05, 4.69) is 15.9 Å². The number of ether oxygens (including phenoxy) is 1. The minimum Gasteiger partial charge on any atom is -0.447 e. The monoisotopic (exact) mass is 299 g/mol. The first-order chi connectivity index (χ1) is 8.07. The van der Waals surface area contributed by atoms with Crippen LogP contribution >= 0.6 is 15.9 Å². The summed E-state index contributed by atoms with van der Waals surface area (Å²) in [5, 5.41) is 9.09. The number of carbonyl (C=O) groups excluding carboxylic acids is 1. The second kappa shape index (κ2) is 4.66. The first-order valence-electron chi connectivity index (χ1n) is 5.40. The zero-order valence-corrected chi connectivity index (χ0v) is 11.1. The Kier molecular flexibility index (Phi) is 3.40. The number of aliphatic hydroxyl groups is 1. The SMILES string of the molecule is CC1(CCO)COC(=O)N1c1ccc(Br)cc1. The topological polar surface area (TPSA) is 49.8 Å². The van der Waals surface area contributed by atoms with Crippen LogP contribution in [0.4, 0.5) is 10.5 Å². The lowest BCUT2D eigenvalue weighted by Crippen LogP contribution is -2.45. The molecule has 5 heteroatoms. The molecule has 0 bridgehead atoms. The lowest BCUT2D eigenvalue weighted by Gasteiger charge is -2.31. The van der Waals surface area contributed by atoms with Crippen molar-refractivity contribution in [3.05, 3.63) is 28.7 Å². The fraction of sp³-hybridized carbons (Fsp3) is 0.417. The largest absolute Gasteiger partial charge is 0.447 e. The second-order valence-electron chi connectivity index (χ2n) is 4.34. The molecule has 1 saturated heterocycles. The summed E-state index contributed by atoms with van der Waals surface area (Å²) in [6, 6.07) is 7.46. The number of anilines is 1. The number of cyclic esters (lactones) is 1. The van der Waals surface area contributed by atoms with Crippen molar-refractivity contribution in [2.75, 3.05) is 18.1 Å². The van der Waals surface area contributed by atoms with E-state index in [1.165, 1.54) is 0 Å². The van der Waals surface area contributed by atoms with Gasteiger partial charge in [0.1, 0.15) is 6.61 Å². The molecule has 1 fully saturated rings. The number of nitrogens with zero attached hydrogens (tertiary/aromatic N) is 1. The van der Waals surface area contributed by atoms with E-state index in [9.17, 15) is 4.79 Å². The highest BCUT2D eigenvalue weighted by Gasteiger charge is 2.44. The van der Waals surface area contributed by atoms with Crippen molar-refractivity contribution >= 4 is 27.7 Å². The third kappa shape index (κ3) is 2.30. The van der Waals surface area contributed by atoms with Gasteiger partial charge < -0.3 is 9.84 Å². The molecule has 92 valence electrons. The van der Waals surface area contributed by atoms with Crippen LogP contribution in [-0.2, 0) is 4.74 Å². The number of aliphatic hydroxyl groups excluding tert-OH is 1. The van der Waals surface area contributed by atoms with Crippen LogP contribution in [0.5, 0.6) is 0 Å². The Labute approximate surface area is 108 Å². The van der Waals surface area contributed by atoms with Gasteiger partial charge in [-0.2, -0.15) is 0 Å². The zero-order chi connectivity index (χ0) is 12.5. The molecule has 17 heavy (non-hydrogen) atoms. The van der Waals surface area contributed by atoms with E-state index < -0.39 is 5.54 Å². The predicted octanol–water partition coefficient (Wildman–Crippen LogP) is 2.55. The molecule has 0 saturated carbocycles. The van der Waals surface area contributed by atoms with Crippen molar-refractivity contribution in [3.8, 4) is 0 Å². The zero-order valence-electron chi connectivity index (χ0n) is 9.52. The molecule has 1 aliphatic rings. The molecular formula is C12H14BrNO3. The summed E-state index contributed by atoms with van der Waals surface area (Å²) in [5.74, 6) is 0. The number of hydrogen-bond donors (Lipinski definition) is 1. The molecule has 0 aromatic heterocycles. The number of rotatable bonds is 3. The minimum absolute atomic E-state index is 0.0279. The highest BCUT2D eigenvalue weighted by atomic mass is 79.9. The third-order valence-corrected chi connectivity index (χ3v) is 3.49. The molecule has 0 radical (unpaired) electrons. The average molecular weight is 300 g/mol. The van der Waals surface area contributed by atoms with Gasteiger partial charge in [-0.1, -0.05) is 15.9 Å². The molecule has 1 N–H and O–H groups in total. The van der Waals surface area contributed by atoms with Crippen LogP contribution < -0.4 is 4.90 Å². The smallest absolute Gasteiger partial charge is 0.415 e. The van der Waals surface area contributed by atoms with E-state index in [-0.39, 0.29) is 12.7 Å². The Bertz CT molecular complexity index is 420. The van der Waals surface area contributed by atoms with Gasteiger partial charge >= 0.3 is 6.09 Å². The van der Waals surface area contributed by atoms with E-state index in [4.69, 9.17) is 9.84 Å². The van der Waals surface area contributed by atoms with Gasteiger partial charge in [0.2, 0.25) is 0 Å². The van der Waals surface area contributed by atoms with Crippen molar-refractivity contribution in [3.63, 3.8) is 0 Å². The van der Waals surface area contributed by atoms with Crippen molar-refractivity contribution in [2.24, 2.45) is 0 Å². The van der Waals surface area contributed by atoms with Crippen molar-refractivity contribution in [1.82, 2.24) is 0 Å². The van der Waals surface area contributed by atoms with Gasteiger partial charge in [-0.05, 0) is 37.6 Å². The standard InChI is InChI=1S/C12H14BrNO3/c1-12(6-7-15)8-17-11(16)14(12)10-4-2-9(13)3-5-10/h2-5,15H,6-8H2,1H3. The molecule has 0 spiro atoms. The number of amides is 1. The van der Waals surface area contributed by atoms with Gasteiger partial charge in [-0.3, -0.25) is 4.90 Å². The van der Waals surface area contributed by atoms with Crippen LogP contribution in [-0.4, -0.2) is 30.0 Å². The molecular weight excluding hydrogens is 286 g/mol. The molecule has 1 atom stereocenters. The molecule has 1 aromatic rings. The molecule has 1 heterocycles. The van der Waals surface area contributed by atoms with E-state index in [1.807, 2.05) is 31.2 Å². The van der Waals surface area contributed by atoms with Crippen LogP contribution in [0.1, 0.15) is 13.3 Å². The predicted molar refractivity (Wildman–Crippen MR) is 68.1 cm³/mol. The quantitative estimate of drug-likeness (QED) is 0.933. The van der Waals surface area contributed by atoms with Gasteiger partial charge in [-0.15, -0.1) is 0 Å². The molecule has 1 unspecified atom stereocenters. The van der Waals surface area contributed by atoms with Crippen LogP contribution in [0.25, 0.3) is 0 Å². The number of carbonyl (C=O) groups is 1. The number of halogens is 1. The van der Waals surface area contributed by atoms with Crippen LogP contribution in [0.15, 0.2) is 28.7 Å². The van der Waals surface area contributed by atoms with E-state index in [1.54, 1.807) is 4.90 Å². The molecule has 1 aliphatic heterocycles. The molecule has 1 amide bonds. The normalized spacial score (nSPS) is 23.9. The summed E-state index contributed by atoms with van der Waals surface area (Å²) in [7, 11) is 0. The van der Waals surface area contributed by atoms with Gasteiger partial charge in [0.25, 0.3) is 0 Å². The van der Waals surface area contributed by atoms with Crippen LogP contribution in [0, 0.1) is 0 Å². The van der Waals surface area contributed by atoms with Gasteiger partial charge in [0, 0.05) is 16.8 Å². The van der Waals surface area contributed by atoms with E-state index >= 15 is 0 Å². The number of hydrogen-bond acceptors (Lipinski definition) is 3. The van der Waals surface area contributed by atoms with Crippen molar-refractivity contribution in [1.29, 1.82) is 0 Å². The van der Waals surface area contributed by atoms with Crippen LogP contribution in [0.3, 0.4) is 0 Å². The Hall–Kier alpha value is -1.07. The van der Waals surface area contributed by atoms with Crippen molar-refractivity contribution < 1.29 is 14.6 Å². The van der Waals surface area contributed by atoms with E-state index in [0.717, 1.165) is 10.2 Å². The highest BCUT2D eigenvalue weighted by Crippen LogP contribution is 2.33. The molecule has 0 aliphatic carbocycles. The number of benzene rings is 1. The molecule has 2 rings (SSSR count).